The van der Waals surface area contributed by atoms with E-state index in [-0.39, 0.29) is 18.4 Å². The Labute approximate surface area is 121 Å². The number of hydrogen-bond donors (Lipinski definition) is 2. The summed E-state index contributed by atoms with van der Waals surface area (Å²) in [5.74, 6) is 0.217. The third-order valence-electron chi connectivity index (χ3n) is 3.97. The zero-order valence-corrected chi connectivity index (χ0v) is 13.2. The molecule has 0 aromatic heterocycles. The van der Waals surface area contributed by atoms with Crippen molar-refractivity contribution in [2.45, 2.75) is 32.6 Å². The highest BCUT2D eigenvalue weighted by Crippen LogP contribution is 2.19. The lowest BCUT2D eigenvalue weighted by molar-refractivity contribution is -0.126. The molecule has 118 valence electrons. The predicted molar refractivity (Wildman–Crippen MR) is 77.6 cm³/mol. The van der Waals surface area contributed by atoms with Gasteiger partial charge in [-0.2, -0.15) is 0 Å². The maximum atomic E-state index is 12.0. The second-order valence-electron chi connectivity index (χ2n) is 5.47. The summed E-state index contributed by atoms with van der Waals surface area (Å²) >= 11 is 0. The van der Waals surface area contributed by atoms with E-state index in [2.05, 4.69) is 5.32 Å². The molecule has 1 unspecified atom stereocenters. The average molecular weight is 306 g/mol. The number of sulfonamides is 1. The molecule has 20 heavy (non-hydrogen) atoms. The van der Waals surface area contributed by atoms with Gasteiger partial charge in [-0.3, -0.25) is 4.79 Å². The molecule has 1 atom stereocenters. The molecule has 0 saturated carbocycles. The summed E-state index contributed by atoms with van der Waals surface area (Å²) in [6.07, 6.45) is 3.98. The first-order valence-corrected chi connectivity index (χ1v) is 9.07. The van der Waals surface area contributed by atoms with Gasteiger partial charge in [-0.1, -0.05) is 13.3 Å². The monoisotopic (exact) mass is 306 g/mol. The molecular formula is C13H26N2O4S. The van der Waals surface area contributed by atoms with E-state index >= 15 is 0 Å². The van der Waals surface area contributed by atoms with Gasteiger partial charge in [0.1, 0.15) is 0 Å². The Morgan fingerprint density at radius 2 is 2.00 bits per heavy atom. The molecule has 7 heteroatoms. The molecule has 1 saturated heterocycles. The first-order valence-electron chi connectivity index (χ1n) is 7.22. The van der Waals surface area contributed by atoms with E-state index < -0.39 is 10.0 Å². The average Bonchev–Trinajstić information content (AvgIpc) is 2.42. The summed E-state index contributed by atoms with van der Waals surface area (Å²) in [5.41, 5.74) is 0. The fraction of sp³-hybridized carbons (Fsp3) is 0.923. The Hall–Kier alpha value is -0.660. The van der Waals surface area contributed by atoms with Crippen LogP contribution in [0, 0.1) is 11.8 Å². The zero-order valence-electron chi connectivity index (χ0n) is 12.3. The van der Waals surface area contributed by atoms with E-state index in [1.807, 2.05) is 6.92 Å². The highest BCUT2D eigenvalue weighted by atomic mass is 32.2. The van der Waals surface area contributed by atoms with Crippen molar-refractivity contribution in [2.75, 3.05) is 32.5 Å². The van der Waals surface area contributed by atoms with Crippen molar-refractivity contribution < 1.29 is 18.3 Å². The van der Waals surface area contributed by atoms with Crippen LogP contribution in [-0.4, -0.2) is 56.2 Å². The minimum absolute atomic E-state index is 0.00883. The number of hydrogen-bond acceptors (Lipinski definition) is 4. The number of aliphatic hydroxyl groups excluding tert-OH is 1. The number of piperidine rings is 1. The van der Waals surface area contributed by atoms with Gasteiger partial charge in [0, 0.05) is 32.2 Å². The van der Waals surface area contributed by atoms with E-state index in [0.717, 1.165) is 6.42 Å². The Balaban J connectivity index is 2.36. The number of carbonyl (C=O) groups excluding carboxylic acids is 1. The summed E-state index contributed by atoms with van der Waals surface area (Å²) in [5, 5.41) is 11.8. The zero-order chi connectivity index (χ0) is 15.2. The van der Waals surface area contributed by atoms with Crippen LogP contribution < -0.4 is 5.32 Å². The van der Waals surface area contributed by atoms with Gasteiger partial charge in [0.25, 0.3) is 0 Å². The number of nitrogens with one attached hydrogen (secondary N) is 1. The summed E-state index contributed by atoms with van der Waals surface area (Å²) in [6.45, 7) is 3.61. The van der Waals surface area contributed by atoms with Crippen LogP contribution in [0.5, 0.6) is 0 Å². The molecule has 2 N–H and O–H groups in total. The van der Waals surface area contributed by atoms with Gasteiger partial charge >= 0.3 is 0 Å². The standard InChI is InChI=1S/C13H26N2O4S/c1-3-11(6-9-16)10-14-13(17)12-4-7-15(8-5-12)20(2,18)19/h11-12,16H,3-10H2,1-2H3,(H,14,17). The second kappa shape index (κ2) is 7.95. The maximum Gasteiger partial charge on any atom is 0.223 e. The summed E-state index contributed by atoms with van der Waals surface area (Å²) < 4.78 is 24.2. The lowest BCUT2D eigenvalue weighted by Gasteiger charge is -2.29. The van der Waals surface area contributed by atoms with Crippen molar-refractivity contribution in [3.05, 3.63) is 0 Å². The van der Waals surface area contributed by atoms with Crippen molar-refractivity contribution in [1.82, 2.24) is 9.62 Å². The van der Waals surface area contributed by atoms with Gasteiger partial charge in [-0.15, -0.1) is 0 Å². The van der Waals surface area contributed by atoms with E-state index in [1.54, 1.807) is 0 Å². The van der Waals surface area contributed by atoms with Crippen LogP contribution >= 0.6 is 0 Å². The summed E-state index contributed by atoms with van der Waals surface area (Å²) in [4.78, 5) is 12.0. The first kappa shape index (κ1) is 17.4. The number of rotatable bonds is 7. The van der Waals surface area contributed by atoms with Crippen LogP contribution in [0.2, 0.25) is 0 Å². The highest BCUT2D eigenvalue weighted by Gasteiger charge is 2.28. The van der Waals surface area contributed by atoms with Crippen LogP contribution in [0.1, 0.15) is 32.6 Å². The number of amides is 1. The molecule has 0 radical (unpaired) electrons. The molecule has 0 spiro atoms. The fourth-order valence-corrected chi connectivity index (χ4v) is 3.35. The van der Waals surface area contributed by atoms with Crippen molar-refractivity contribution in [1.29, 1.82) is 0 Å². The third kappa shape index (κ3) is 5.38. The Morgan fingerprint density at radius 1 is 1.40 bits per heavy atom. The molecule has 1 aliphatic heterocycles. The first-order chi connectivity index (χ1) is 9.38. The molecule has 1 heterocycles. The molecular weight excluding hydrogens is 280 g/mol. The summed E-state index contributed by atoms with van der Waals surface area (Å²) in [6, 6.07) is 0. The van der Waals surface area contributed by atoms with Gasteiger partial charge in [0.15, 0.2) is 0 Å². The smallest absolute Gasteiger partial charge is 0.223 e. The Morgan fingerprint density at radius 3 is 2.45 bits per heavy atom. The molecule has 6 nitrogen and oxygen atoms in total. The van der Waals surface area contributed by atoms with Crippen LogP contribution in [0.4, 0.5) is 0 Å². The fourth-order valence-electron chi connectivity index (χ4n) is 2.47. The molecule has 0 aromatic carbocycles. The van der Waals surface area contributed by atoms with Gasteiger partial charge in [-0.25, -0.2) is 12.7 Å². The lowest BCUT2D eigenvalue weighted by Crippen LogP contribution is -2.43. The van der Waals surface area contributed by atoms with E-state index in [1.165, 1.54) is 10.6 Å². The molecule has 1 fully saturated rings. The molecule has 0 aromatic rings. The molecule has 1 aliphatic rings. The van der Waals surface area contributed by atoms with Gasteiger partial charge < -0.3 is 10.4 Å². The van der Waals surface area contributed by atoms with Crippen LogP contribution in [0.15, 0.2) is 0 Å². The number of aliphatic hydroxyl groups is 1. The topological polar surface area (TPSA) is 86.7 Å². The van der Waals surface area contributed by atoms with Crippen LogP contribution in [0.25, 0.3) is 0 Å². The van der Waals surface area contributed by atoms with E-state index in [9.17, 15) is 13.2 Å². The van der Waals surface area contributed by atoms with Crippen molar-refractivity contribution in [3.63, 3.8) is 0 Å². The molecule has 0 aliphatic carbocycles. The molecule has 0 bridgehead atoms. The highest BCUT2D eigenvalue weighted by molar-refractivity contribution is 7.88. The molecule has 1 amide bonds. The van der Waals surface area contributed by atoms with Crippen LogP contribution in [-0.2, 0) is 14.8 Å². The van der Waals surface area contributed by atoms with E-state index in [0.29, 0.717) is 44.8 Å². The minimum Gasteiger partial charge on any atom is -0.396 e. The third-order valence-corrected chi connectivity index (χ3v) is 5.28. The molecule has 1 rings (SSSR count). The van der Waals surface area contributed by atoms with Gasteiger partial charge in [0.2, 0.25) is 15.9 Å². The second-order valence-corrected chi connectivity index (χ2v) is 7.45. The van der Waals surface area contributed by atoms with Gasteiger partial charge in [-0.05, 0) is 25.2 Å². The van der Waals surface area contributed by atoms with Gasteiger partial charge in [0.05, 0.1) is 6.26 Å². The summed E-state index contributed by atoms with van der Waals surface area (Å²) in [7, 11) is -3.14. The maximum absolute atomic E-state index is 12.0. The Kier molecular flexibility index (Phi) is 6.91. The lowest BCUT2D eigenvalue weighted by atomic mass is 9.96. The number of nitrogens with zero attached hydrogens (tertiary/aromatic N) is 1. The normalized spacial score (nSPS) is 19.8. The largest absolute Gasteiger partial charge is 0.396 e. The van der Waals surface area contributed by atoms with Crippen LogP contribution in [0.3, 0.4) is 0 Å². The SMILES string of the molecule is CCC(CCO)CNC(=O)C1CCN(S(C)(=O)=O)CC1. The minimum atomic E-state index is -3.14. The van der Waals surface area contributed by atoms with Crippen molar-refractivity contribution in [3.8, 4) is 0 Å². The van der Waals surface area contributed by atoms with E-state index in [4.69, 9.17) is 5.11 Å². The Bertz CT molecular complexity index is 403. The quantitative estimate of drug-likeness (QED) is 0.702. The number of carbonyl (C=O) groups is 1. The van der Waals surface area contributed by atoms with Crippen molar-refractivity contribution >= 4 is 15.9 Å². The van der Waals surface area contributed by atoms with Crippen molar-refractivity contribution in [2.24, 2.45) is 11.8 Å². The predicted octanol–water partition coefficient (Wildman–Crippen LogP) is 0.183.